The molecule has 25 heavy (non-hydrogen) atoms. The second kappa shape index (κ2) is 8.97. The quantitative estimate of drug-likeness (QED) is 0.703. The first-order valence-electron chi connectivity index (χ1n) is 7.78. The molecule has 0 aromatic carbocycles. The number of piperazine rings is 1. The predicted octanol–water partition coefficient (Wildman–Crippen LogP) is 1.48. The van der Waals surface area contributed by atoms with E-state index in [-0.39, 0.29) is 42.8 Å². The van der Waals surface area contributed by atoms with Crippen LogP contribution in [0.3, 0.4) is 0 Å². The fourth-order valence-electron chi connectivity index (χ4n) is 2.35. The van der Waals surface area contributed by atoms with Crippen LogP contribution in [0.4, 0.5) is 4.79 Å². The maximum absolute atomic E-state index is 12.5. The van der Waals surface area contributed by atoms with Crippen molar-refractivity contribution >= 4 is 49.3 Å². The van der Waals surface area contributed by atoms with Gasteiger partial charge in [0.05, 0.1) is 10.4 Å². The maximum Gasteiger partial charge on any atom is 0.407 e. The van der Waals surface area contributed by atoms with Crippen molar-refractivity contribution in [1.82, 2.24) is 14.5 Å². The molecule has 2 amide bonds. The van der Waals surface area contributed by atoms with Gasteiger partial charge in [0.25, 0.3) is 10.0 Å². The van der Waals surface area contributed by atoms with E-state index in [9.17, 15) is 18.0 Å². The molecule has 1 aliphatic heterocycles. The Bertz CT molecular complexity index is 714. The van der Waals surface area contributed by atoms with E-state index in [1.807, 2.05) is 0 Å². The number of ether oxygens (including phenoxy) is 1. The standard InChI is InChI=1S/C14H20BrN3O5S2/c1-2-23-14(20)16-6-5-12(19)17-7-9-18(10-8-17)25(21,22)13-4-3-11(15)24-13/h3-4H,2,5-10H2,1H3,(H,16,20). The summed E-state index contributed by atoms with van der Waals surface area (Å²) in [6, 6.07) is 3.27. The number of amides is 2. The highest BCUT2D eigenvalue weighted by atomic mass is 79.9. The number of alkyl carbamates (subject to hydrolysis) is 1. The van der Waals surface area contributed by atoms with Crippen molar-refractivity contribution in [1.29, 1.82) is 0 Å². The van der Waals surface area contributed by atoms with Gasteiger partial charge in [-0.2, -0.15) is 4.31 Å². The number of rotatable bonds is 6. The Balaban J connectivity index is 1.81. The minimum absolute atomic E-state index is 0.118. The van der Waals surface area contributed by atoms with E-state index < -0.39 is 16.1 Å². The van der Waals surface area contributed by atoms with Crippen LogP contribution >= 0.6 is 27.3 Å². The summed E-state index contributed by atoms with van der Waals surface area (Å²) in [7, 11) is -3.51. The molecule has 1 fully saturated rings. The number of nitrogens with zero attached hydrogens (tertiary/aromatic N) is 2. The second-order valence-electron chi connectivity index (χ2n) is 5.24. The first-order chi connectivity index (χ1) is 11.8. The average molecular weight is 454 g/mol. The van der Waals surface area contributed by atoms with Crippen LogP contribution in [0, 0.1) is 0 Å². The highest BCUT2D eigenvalue weighted by Crippen LogP contribution is 2.28. The van der Waals surface area contributed by atoms with E-state index in [2.05, 4.69) is 21.2 Å². The van der Waals surface area contributed by atoms with Gasteiger partial charge in [-0.3, -0.25) is 4.79 Å². The summed E-state index contributed by atoms with van der Waals surface area (Å²) in [5, 5.41) is 2.49. The van der Waals surface area contributed by atoms with Gasteiger partial charge < -0.3 is 15.0 Å². The van der Waals surface area contributed by atoms with Crippen molar-refractivity contribution in [3.05, 3.63) is 15.9 Å². The number of carbonyl (C=O) groups is 2. The molecule has 1 aliphatic rings. The van der Waals surface area contributed by atoms with Crippen molar-refractivity contribution in [2.24, 2.45) is 0 Å². The fourth-order valence-corrected chi connectivity index (χ4v) is 5.94. The molecule has 2 heterocycles. The van der Waals surface area contributed by atoms with Crippen LogP contribution in [0.25, 0.3) is 0 Å². The molecule has 1 N–H and O–H groups in total. The lowest BCUT2D eigenvalue weighted by molar-refractivity contribution is -0.132. The smallest absolute Gasteiger partial charge is 0.407 e. The SMILES string of the molecule is CCOC(=O)NCCC(=O)N1CCN(S(=O)(=O)c2ccc(Br)s2)CC1. The Morgan fingerprint density at radius 1 is 1.28 bits per heavy atom. The normalized spacial score (nSPS) is 15.8. The topological polar surface area (TPSA) is 96.0 Å². The van der Waals surface area contributed by atoms with Gasteiger partial charge in [-0.1, -0.05) is 0 Å². The van der Waals surface area contributed by atoms with Crippen LogP contribution in [-0.2, 0) is 19.6 Å². The zero-order valence-corrected chi connectivity index (χ0v) is 17.0. The Hall–Kier alpha value is -1.17. The number of sulfonamides is 1. The van der Waals surface area contributed by atoms with Crippen LogP contribution in [0.15, 0.2) is 20.1 Å². The van der Waals surface area contributed by atoms with E-state index in [0.29, 0.717) is 13.1 Å². The van der Waals surface area contributed by atoms with E-state index in [1.54, 1.807) is 24.0 Å². The first kappa shape index (κ1) is 20.1. The molecular weight excluding hydrogens is 434 g/mol. The molecular formula is C14H20BrN3O5S2. The summed E-state index contributed by atoms with van der Waals surface area (Å²) in [6.07, 6.45) is -0.392. The molecule has 11 heteroatoms. The lowest BCUT2D eigenvalue weighted by Gasteiger charge is -2.33. The summed E-state index contributed by atoms with van der Waals surface area (Å²) in [5.74, 6) is -0.118. The molecule has 0 saturated carbocycles. The van der Waals surface area contributed by atoms with Crippen molar-refractivity contribution < 1.29 is 22.7 Å². The van der Waals surface area contributed by atoms with Crippen LogP contribution in [0.1, 0.15) is 13.3 Å². The third kappa shape index (κ3) is 5.40. The third-order valence-corrected chi connectivity index (χ3v) is 7.61. The Morgan fingerprint density at radius 2 is 1.96 bits per heavy atom. The molecule has 1 aromatic heterocycles. The number of hydrogen-bond acceptors (Lipinski definition) is 6. The minimum atomic E-state index is -3.51. The Morgan fingerprint density at radius 3 is 2.52 bits per heavy atom. The summed E-state index contributed by atoms with van der Waals surface area (Å²) >= 11 is 4.43. The minimum Gasteiger partial charge on any atom is -0.450 e. The predicted molar refractivity (Wildman–Crippen MR) is 97.0 cm³/mol. The fraction of sp³-hybridized carbons (Fsp3) is 0.571. The van der Waals surface area contributed by atoms with Gasteiger partial charge in [0.2, 0.25) is 5.91 Å². The molecule has 0 aliphatic carbocycles. The highest BCUT2D eigenvalue weighted by molar-refractivity contribution is 9.11. The van der Waals surface area contributed by atoms with Crippen LogP contribution < -0.4 is 5.32 Å². The molecule has 8 nitrogen and oxygen atoms in total. The van der Waals surface area contributed by atoms with Gasteiger partial charge in [0, 0.05) is 39.1 Å². The molecule has 0 spiro atoms. The van der Waals surface area contributed by atoms with Gasteiger partial charge in [-0.05, 0) is 35.0 Å². The molecule has 1 aromatic rings. The largest absolute Gasteiger partial charge is 0.450 e. The number of halogens is 1. The molecule has 0 atom stereocenters. The van der Waals surface area contributed by atoms with E-state index in [4.69, 9.17) is 4.74 Å². The monoisotopic (exact) mass is 453 g/mol. The van der Waals surface area contributed by atoms with Crippen molar-refractivity contribution in [2.45, 2.75) is 17.6 Å². The summed E-state index contributed by atoms with van der Waals surface area (Å²) in [5.41, 5.74) is 0. The highest BCUT2D eigenvalue weighted by Gasteiger charge is 2.30. The number of thiophene rings is 1. The van der Waals surface area contributed by atoms with Gasteiger partial charge >= 0.3 is 6.09 Å². The summed E-state index contributed by atoms with van der Waals surface area (Å²) in [4.78, 5) is 24.9. The van der Waals surface area contributed by atoms with E-state index >= 15 is 0 Å². The molecule has 0 bridgehead atoms. The van der Waals surface area contributed by atoms with Crippen LogP contribution in [0.5, 0.6) is 0 Å². The molecule has 140 valence electrons. The zero-order valence-electron chi connectivity index (χ0n) is 13.7. The number of nitrogens with one attached hydrogen (secondary N) is 1. The molecule has 0 radical (unpaired) electrons. The first-order valence-corrected chi connectivity index (χ1v) is 10.8. The van der Waals surface area contributed by atoms with Crippen molar-refractivity contribution in [3.8, 4) is 0 Å². The average Bonchev–Trinajstić information content (AvgIpc) is 3.02. The molecule has 1 saturated heterocycles. The summed E-state index contributed by atoms with van der Waals surface area (Å²) in [6.45, 7) is 3.36. The van der Waals surface area contributed by atoms with Gasteiger partial charge in [-0.15, -0.1) is 11.3 Å². The third-order valence-electron chi connectivity index (χ3n) is 3.62. The maximum atomic E-state index is 12.5. The lowest BCUT2D eigenvalue weighted by atomic mass is 10.3. The lowest BCUT2D eigenvalue weighted by Crippen LogP contribution is -2.50. The summed E-state index contributed by atoms with van der Waals surface area (Å²) < 4.78 is 32.2. The van der Waals surface area contributed by atoms with E-state index in [0.717, 1.165) is 3.79 Å². The second-order valence-corrected chi connectivity index (χ2v) is 9.87. The van der Waals surface area contributed by atoms with Gasteiger partial charge in [0.15, 0.2) is 0 Å². The van der Waals surface area contributed by atoms with Gasteiger partial charge in [0.1, 0.15) is 4.21 Å². The van der Waals surface area contributed by atoms with Crippen molar-refractivity contribution in [2.75, 3.05) is 39.3 Å². The van der Waals surface area contributed by atoms with E-state index in [1.165, 1.54) is 15.6 Å². The number of carbonyl (C=O) groups excluding carboxylic acids is 2. The Kier molecular flexibility index (Phi) is 7.23. The van der Waals surface area contributed by atoms with Crippen molar-refractivity contribution in [3.63, 3.8) is 0 Å². The molecule has 2 rings (SSSR count). The Labute approximate surface area is 159 Å². The zero-order chi connectivity index (χ0) is 18.4. The van der Waals surface area contributed by atoms with Crippen LogP contribution in [-0.4, -0.2) is 69.0 Å². The number of hydrogen-bond donors (Lipinski definition) is 1. The molecule has 0 unspecified atom stereocenters. The van der Waals surface area contributed by atoms with Crippen LogP contribution in [0.2, 0.25) is 0 Å². The van der Waals surface area contributed by atoms with Gasteiger partial charge in [-0.25, -0.2) is 13.2 Å².